The van der Waals surface area contributed by atoms with Crippen molar-refractivity contribution < 1.29 is 18.7 Å². The van der Waals surface area contributed by atoms with E-state index in [1.54, 1.807) is 20.8 Å². The maximum Gasteiger partial charge on any atom is 0.340 e. The van der Waals surface area contributed by atoms with Crippen molar-refractivity contribution in [3.63, 3.8) is 0 Å². The molecule has 6 heteroatoms. The van der Waals surface area contributed by atoms with E-state index < -0.39 is 17.6 Å². The molecule has 0 atom stereocenters. The summed E-state index contributed by atoms with van der Waals surface area (Å²) in [6.07, 6.45) is 1.38. The Morgan fingerprint density at radius 1 is 1.28 bits per heavy atom. The number of carbonyl (C=O) groups is 2. The second-order valence-electron chi connectivity index (χ2n) is 5.40. The van der Waals surface area contributed by atoms with E-state index in [2.05, 4.69) is 4.98 Å². The summed E-state index contributed by atoms with van der Waals surface area (Å²) >= 11 is 0. The minimum atomic E-state index is -0.539. The number of benzene rings is 1. The molecule has 1 N–H and O–H groups in total. The van der Waals surface area contributed by atoms with Crippen molar-refractivity contribution in [1.82, 2.24) is 4.98 Å². The molecule has 0 aliphatic rings. The van der Waals surface area contributed by atoms with Crippen molar-refractivity contribution >= 4 is 17.8 Å². The van der Waals surface area contributed by atoms with Crippen molar-refractivity contribution in [1.29, 1.82) is 5.26 Å². The minimum absolute atomic E-state index is 0.119. The predicted octanol–water partition coefficient (Wildman–Crippen LogP) is 3.74. The van der Waals surface area contributed by atoms with Crippen LogP contribution >= 0.6 is 0 Å². The summed E-state index contributed by atoms with van der Waals surface area (Å²) in [6.45, 7) is 5.20. The Kier molecular flexibility index (Phi) is 5.50. The highest BCUT2D eigenvalue weighted by Gasteiger charge is 2.24. The zero-order chi connectivity index (χ0) is 18.6. The molecule has 0 fully saturated rings. The van der Waals surface area contributed by atoms with Crippen LogP contribution in [0.2, 0.25) is 0 Å². The summed E-state index contributed by atoms with van der Waals surface area (Å²) in [5.74, 6) is -1.46. The molecule has 25 heavy (non-hydrogen) atoms. The van der Waals surface area contributed by atoms with Gasteiger partial charge in [0, 0.05) is 5.69 Å². The van der Waals surface area contributed by atoms with Crippen LogP contribution in [0.15, 0.2) is 29.8 Å². The summed E-state index contributed by atoms with van der Waals surface area (Å²) < 4.78 is 18.0. The number of hydrogen-bond donors (Lipinski definition) is 1. The molecule has 0 aliphatic heterocycles. The first-order valence-corrected chi connectivity index (χ1v) is 7.67. The zero-order valence-corrected chi connectivity index (χ0v) is 14.1. The van der Waals surface area contributed by atoms with Crippen LogP contribution in [0.1, 0.15) is 44.6 Å². The molecule has 0 unspecified atom stereocenters. The number of rotatable bonds is 5. The van der Waals surface area contributed by atoms with Crippen molar-refractivity contribution in [3.8, 4) is 6.07 Å². The summed E-state index contributed by atoms with van der Waals surface area (Å²) in [7, 11) is 0. The van der Waals surface area contributed by atoms with Crippen molar-refractivity contribution in [2.75, 3.05) is 6.61 Å². The molecule has 0 saturated heterocycles. The number of Topliss-reactive ketones (excluding diaryl/α,β-unsaturated/α-hetero) is 1. The zero-order valence-electron chi connectivity index (χ0n) is 14.1. The lowest BCUT2D eigenvalue weighted by Gasteiger charge is -2.02. The summed E-state index contributed by atoms with van der Waals surface area (Å²) in [4.78, 5) is 27.5. The van der Waals surface area contributed by atoms with E-state index in [0.29, 0.717) is 22.4 Å². The molecule has 0 amide bonds. The van der Waals surface area contributed by atoms with Crippen LogP contribution < -0.4 is 0 Å². The summed E-state index contributed by atoms with van der Waals surface area (Å²) in [5, 5.41) is 9.32. The smallest absolute Gasteiger partial charge is 0.340 e. The molecule has 0 bridgehead atoms. The molecule has 1 heterocycles. The van der Waals surface area contributed by atoms with Crippen LogP contribution in [0.3, 0.4) is 0 Å². The number of aromatic nitrogens is 1. The predicted molar refractivity (Wildman–Crippen MR) is 90.5 cm³/mol. The van der Waals surface area contributed by atoms with Gasteiger partial charge in [-0.2, -0.15) is 5.26 Å². The second kappa shape index (κ2) is 7.58. The first kappa shape index (κ1) is 18.1. The van der Waals surface area contributed by atoms with E-state index in [1.807, 2.05) is 6.07 Å². The Morgan fingerprint density at radius 3 is 2.48 bits per heavy atom. The first-order valence-electron chi connectivity index (χ1n) is 7.67. The van der Waals surface area contributed by atoms with E-state index in [1.165, 1.54) is 30.3 Å². The van der Waals surface area contributed by atoms with Gasteiger partial charge in [-0.25, -0.2) is 9.18 Å². The number of ether oxygens (including phenoxy) is 1. The molecular weight excluding hydrogens is 323 g/mol. The molecule has 5 nitrogen and oxygen atoms in total. The molecule has 2 rings (SSSR count). The van der Waals surface area contributed by atoms with Gasteiger partial charge in [0.2, 0.25) is 5.78 Å². The Bertz CT molecular complexity index is 887. The molecule has 0 aliphatic carbocycles. The maximum absolute atomic E-state index is 13.0. The number of halogens is 1. The fraction of sp³-hybridized carbons (Fsp3) is 0.211. The highest BCUT2D eigenvalue weighted by atomic mass is 19.1. The van der Waals surface area contributed by atoms with Crippen molar-refractivity contribution in [2.24, 2.45) is 0 Å². The number of nitrogens with one attached hydrogen (secondary N) is 1. The van der Waals surface area contributed by atoms with Crippen LogP contribution in [0.4, 0.5) is 4.39 Å². The molecule has 1 aromatic heterocycles. The summed E-state index contributed by atoms with van der Waals surface area (Å²) in [5.41, 5.74) is 1.79. The molecule has 128 valence electrons. The van der Waals surface area contributed by atoms with Gasteiger partial charge in [0.25, 0.3) is 0 Å². The number of nitriles is 1. The van der Waals surface area contributed by atoms with Gasteiger partial charge in [-0.05, 0) is 50.1 Å². The largest absolute Gasteiger partial charge is 0.462 e. The molecule has 0 saturated carbocycles. The van der Waals surface area contributed by atoms with Crippen LogP contribution in [0.5, 0.6) is 0 Å². The van der Waals surface area contributed by atoms with Gasteiger partial charge < -0.3 is 9.72 Å². The lowest BCUT2D eigenvalue weighted by Crippen LogP contribution is -2.08. The van der Waals surface area contributed by atoms with Crippen molar-refractivity contribution in [2.45, 2.75) is 20.8 Å². The SMILES string of the molecule is CCOC(=O)c1c(C)[nH]c(C(=O)/C(C#N)=C/c2ccc(F)cc2)c1C. The number of carbonyl (C=O) groups excluding carboxylic acids is 2. The van der Waals surface area contributed by atoms with E-state index in [-0.39, 0.29) is 17.9 Å². The van der Waals surface area contributed by atoms with Gasteiger partial charge >= 0.3 is 5.97 Å². The van der Waals surface area contributed by atoms with Crippen LogP contribution in [-0.4, -0.2) is 23.3 Å². The Balaban J connectivity index is 2.42. The van der Waals surface area contributed by atoms with Crippen molar-refractivity contribution in [3.05, 3.63) is 63.7 Å². The van der Waals surface area contributed by atoms with Gasteiger partial charge in [-0.3, -0.25) is 4.79 Å². The fourth-order valence-corrected chi connectivity index (χ4v) is 2.50. The molecule has 1 aromatic carbocycles. The average molecular weight is 340 g/mol. The topological polar surface area (TPSA) is 83.0 Å². The maximum atomic E-state index is 13.0. The van der Waals surface area contributed by atoms with Crippen LogP contribution in [0.25, 0.3) is 6.08 Å². The van der Waals surface area contributed by atoms with Crippen LogP contribution in [0, 0.1) is 31.0 Å². The number of ketones is 1. The van der Waals surface area contributed by atoms with E-state index in [9.17, 15) is 19.2 Å². The third-order valence-corrected chi connectivity index (χ3v) is 3.69. The Morgan fingerprint density at radius 2 is 1.92 bits per heavy atom. The van der Waals surface area contributed by atoms with Gasteiger partial charge in [0.05, 0.1) is 17.9 Å². The standard InChI is InChI=1S/C19H17FN2O3/c1-4-25-19(24)16-11(2)17(22-12(16)3)18(23)14(10-21)9-13-5-7-15(20)8-6-13/h5-9,22H,4H2,1-3H3/b14-9+. The first-order chi connectivity index (χ1) is 11.9. The number of hydrogen-bond acceptors (Lipinski definition) is 4. The fourth-order valence-electron chi connectivity index (χ4n) is 2.50. The number of aryl methyl sites for hydroxylation is 1. The molecular formula is C19H17FN2O3. The highest BCUT2D eigenvalue weighted by molar-refractivity contribution is 6.15. The van der Waals surface area contributed by atoms with Gasteiger partial charge in [0.1, 0.15) is 17.5 Å². The van der Waals surface area contributed by atoms with E-state index >= 15 is 0 Å². The monoisotopic (exact) mass is 340 g/mol. The molecule has 0 spiro atoms. The van der Waals surface area contributed by atoms with Gasteiger partial charge in [-0.15, -0.1) is 0 Å². The van der Waals surface area contributed by atoms with E-state index in [0.717, 1.165) is 0 Å². The quantitative estimate of drug-likeness (QED) is 0.389. The van der Waals surface area contributed by atoms with E-state index in [4.69, 9.17) is 4.74 Å². The second-order valence-corrected chi connectivity index (χ2v) is 5.40. The van der Waals surface area contributed by atoms with Gasteiger partial charge in [0.15, 0.2) is 0 Å². The normalized spacial score (nSPS) is 11.1. The molecule has 0 radical (unpaired) electrons. The third kappa shape index (κ3) is 3.83. The Hall–Kier alpha value is -3.20. The number of esters is 1. The minimum Gasteiger partial charge on any atom is -0.462 e. The average Bonchev–Trinajstić information content (AvgIpc) is 2.88. The number of allylic oxidation sites excluding steroid dienone is 1. The number of nitrogens with zero attached hydrogens (tertiary/aromatic N) is 1. The lowest BCUT2D eigenvalue weighted by molar-refractivity contribution is 0.0525. The number of aromatic amines is 1. The van der Waals surface area contributed by atoms with Crippen LogP contribution in [-0.2, 0) is 4.74 Å². The summed E-state index contributed by atoms with van der Waals surface area (Å²) in [6, 6.07) is 7.28. The highest BCUT2D eigenvalue weighted by Crippen LogP contribution is 2.22. The van der Waals surface area contributed by atoms with Gasteiger partial charge in [-0.1, -0.05) is 12.1 Å². The molecule has 2 aromatic rings. The third-order valence-electron chi connectivity index (χ3n) is 3.69. The Labute approximate surface area is 144 Å². The lowest BCUT2D eigenvalue weighted by atomic mass is 10.0. The number of H-pyrrole nitrogens is 1.